The first-order chi connectivity index (χ1) is 7.40. The number of amides is 1. The van der Waals surface area contributed by atoms with Crippen LogP contribution < -0.4 is 15.2 Å². The van der Waals surface area contributed by atoms with Crippen LogP contribution in [0.3, 0.4) is 0 Å². The summed E-state index contributed by atoms with van der Waals surface area (Å²) in [6.07, 6.45) is -1.29. The molecular weight excluding hydrogens is 234 g/mol. The van der Waals surface area contributed by atoms with E-state index in [0.29, 0.717) is 12.1 Å². The maximum absolute atomic E-state index is 13.0. The molecule has 0 aromatic heterocycles. The van der Waals surface area contributed by atoms with Crippen LogP contribution >= 0.6 is 0 Å². The van der Waals surface area contributed by atoms with Gasteiger partial charge in [-0.05, 0) is 0 Å². The van der Waals surface area contributed by atoms with E-state index >= 15 is 0 Å². The van der Waals surface area contributed by atoms with Crippen molar-refractivity contribution < 1.29 is 31.8 Å². The summed E-state index contributed by atoms with van der Waals surface area (Å²) in [7, 11) is 0. The Morgan fingerprint density at radius 3 is 2.12 bits per heavy atom. The van der Waals surface area contributed by atoms with Crippen molar-refractivity contribution in [1.82, 2.24) is 0 Å². The van der Waals surface area contributed by atoms with Gasteiger partial charge in [0.1, 0.15) is 5.75 Å². The number of rotatable bonds is 3. The molecule has 0 bridgehead atoms. The molecule has 4 nitrogen and oxygen atoms in total. The molecule has 16 heavy (non-hydrogen) atoms. The van der Waals surface area contributed by atoms with Gasteiger partial charge in [0.15, 0.2) is 17.4 Å². The Morgan fingerprint density at radius 1 is 1.25 bits per heavy atom. The number of hydrogen-bond donors (Lipinski definition) is 1. The summed E-state index contributed by atoms with van der Waals surface area (Å²) in [6.45, 7) is -3.37. The highest BCUT2D eigenvalue weighted by atomic mass is 19.3. The third-order valence-electron chi connectivity index (χ3n) is 1.40. The Bertz CT molecular complexity index is 387. The number of carbonyl (C=O) groups excluding carboxylic acids is 1. The number of ether oxygens (including phenoxy) is 2. The molecule has 0 radical (unpaired) electrons. The zero-order chi connectivity index (χ0) is 12.3. The first-order valence-electron chi connectivity index (χ1n) is 3.81. The molecule has 0 heterocycles. The molecule has 0 saturated heterocycles. The van der Waals surface area contributed by atoms with Crippen molar-refractivity contribution in [3.63, 3.8) is 0 Å². The van der Waals surface area contributed by atoms with E-state index in [0.717, 1.165) is 0 Å². The summed E-state index contributed by atoms with van der Waals surface area (Å²) in [4.78, 5) is 10.3. The molecule has 0 saturated carbocycles. The Kier molecular flexibility index (Phi) is 3.54. The summed E-state index contributed by atoms with van der Waals surface area (Å²) in [6, 6.07) is 0.983. The number of carbonyl (C=O) groups is 1. The van der Waals surface area contributed by atoms with Crippen molar-refractivity contribution in [2.75, 3.05) is 0 Å². The predicted octanol–water partition coefficient (Wildman–Crippen LogP) is 2.02. The molecule has 0 aliphatic rings. The van der Waals surface area contributed by atoms with Crippen LogP contribution in [0, 0.1) is 11.6 Å². The summed E-state index contributed by atoms with van der Waals surface area (Å²) >= 11 is 0. The van der Waals surface area contributed by atoms with Crippen molar-refractivity contribution in [3.05, 3.63) is 23.8 Å². The zero-order valence-electron chi connectivity index (χ0n) is 7.55. The van der Waals surface area contributed by atoms with Crippen LogP contribution in [0.15, 0.2) is 12.1 Å². The second-order valence-corrected chi connectivity index (χ2v) is 2.52. The highest BCUT2D eigenvalue weighted by Gasteiger charge is 2.17. The van der Waals surface area contributed by atoms with Crippen LogP contribution in [0.5, 0.6) is 11.5 Å². The highest BCUT2D eigenvalue weighted by molar-refractivity contribution is 5.68. The maximum atomic E-state index is 13.0. The lowest BCUT2D eigenvalue weighted by Gasteiger charge is -2.08. The van der Waals surface area contributed by atoms with Gasteiger partial charge in [0, 0.05) is 12.1 Å². The molecule has 2 N–H and O–H groups in total. The Morgan fingerprint density at radius 2 is 1.75 bits per heavy atom. The number of alkyl halides is 2. The minimum absolute atomic E-state index is 0.492. The van der Waals surface area contributed by atoms with Crippen molar-refractivity contribution in [2.24, 2.45) is 5.73 Å². The van der Waals surface area contributed by atoms with Gasteiger partial charge in [-0.1, -0.05) is 0 Å². The number of hydrogen-bond acceptors (Lipinski definition) is 3. The first-order valence-corrected chi connectivity index (χ1v) is 3.81. The molecular formula is C8H5F4NO3. The molecule has 1 aromatic rings. The second-order valence-electron chi connectivity index (χ2n) is 2.52. The lowest BCUT2D eigenvalue weighted by Crippen LogP contribution is -2.16. The quantitative estimate of drug-likeness (QED) is 0.821. The van der Waals surface area contributed by atoms with E-state index in [1.54, 1.807) is 0 Å². The summed E-state index contributed by atoms with van der Waals surface area (Å²) in [5.74, 6) is -4.68. The van der Waals surface area contributed by atoms with E-state index in [2.05, 4.69) is 15.2 Å². The van der Waals surface area contributed by atoms with Crippen LogP contribution in [0.2, 0.25) is 0 Å². The van der Waals surface area contributed by atoms with Gasteiger partial charge in [-0.25, -0.2) is 13.6 Å². The summed E-state index contributed by atoms with van der Waals surface area (Å²) < 4.78 is 57.2. The third kappa shape index (κ3) is 3.01. The second kappa shape index (κ2) is 4.69. The van der Waals surface area contributed by atoms with Crippen LogP contribution in [0.4, 0.5) is 22.4 Å². The van der Waals surface area contributed by atoms with Gasteiger partial charge in [-0.2, -0.15) is 8.78 Å². The fourth-order valence-corrected chi connectivity index (χ4v) is 0.913. The molecule has 8 heteroatoms. The van der Waals surface area contributed by atoms with Crippen LogP contribution in [0.25, 0.3) is 0 Å². The number of benzene rings is 1. The molecule has 1 amide bonds. The Labute approximate surface area is 86.6 Å². The molecule has 88 valence electrons. The van der Waals surface area contributed by atoms with Crippen molar-refractivity contribution in [2.45, 2.75) is 6.61 Å². The zero-order valence-corrected chi connectivity index (χ0v) is 7.55. The monoisotopic (exact) mass is 239 g/mol. The molecule has 1 rings (SSSR count). The van der Waals surface area contributed by atoms with Gasteiger partial charge >= 0.3 is 12.7 Å². The Hall–Kier alpha value is -1.99. The van der Waals surface area contributed by atoms with Gasteiger partial charge < -0.3 is 15.2 Å². The lowest BCUT2D eigenvalue weighted by molar-refractivity contribution is -0.0547. The van der Waals surface area contributed by atoms with E-state index < -0.39 is 35.8 Å². The van der Waals surface area contributed by atoms with Gasteiger partial charge in [0.05, 0.1) is 0 Å². The Balaban J connectivity index is 3.02. The fraction of sp³-hybridized carbons (Fsp3) is 0.125. The largest absolute Gasteiger partial charge is 0.429 e. The minimum atomic E-state index is -3.37. The fourth-order valence-electron chi connectivity index (χ4n) is 0.913. The van der Waals surface area contributed by atoms with E-state index in [4.69, 9.17) is 0 Å². The highest BCUT2D eigenvalue weighted by Crippen LogP contribution is 2.28. The van der Waals surface area contributed by atoms with Crippen molar-refractivity contribution >= 4 is 6.09 Å². The third-order valence-corrected chi connectivity index (χ3v) is 1.40. The van der Waals surface area contributed by atoms with Crippen LogP contribution in [0.1, 0.15) is 0 Å². The SMILES string of the molecule is NC(=O)Oc1cc(F)c(OC(F)F)c(F)c1. The maximum Gasteiger partial charge on any atom is 0.409 e. The molecule has 0 spiro atoms. The van der Waals surface area contributed by atoms with Crippen molar-refractivity contribution in [3.8, 4) is 11.5 Å². The van der Waals surface area contributed by atoms with Crippen molar-refractivity contribution in [1.29, 1.82) is 0 Å². The molecule has 0 fully saturated rings. The number of halogens is 4. The van der Waals surface area contributed by atoms with Gasteiger partial charge in [0.2, 0.25) is 0 Å². The topological polar surface area (TPSA) is 61.6 Å². The molecule has 1 aromatic carbocycles. The standard InChI is InChI=1S/C8H5F4NO3/c9-4-1-3(15-8(13)14)2-5(10)6(4)16-7(11)12/h1-2,7H,(H2,13,14). The molecule has 0 unspecified atom stereocenters. The minimum Gasteiger partial charge on any atom is -0.429 e. The van der Waals surface area contributed by atoms with Gasteiger partial charge in [-0.3, -0.25) is 0 Å². The summed E-state index contributed by atoms with van der Waals surface area (Å²) in [5, 5.41) is 0. The average Bonchev–Trinajstić information content (AvgIpc) is 2.10. The normalized spacial score (nSPS) is 10.3. The molecule has 0 atom stereocenters. The first kappa shape index (κ1) is 12.1. The molecule has 0 aliphatic carbocycles. The number of nitrogens with two attached hydrogens (primary N) is 1. The van der Waals surface area contributed by atoms with E-state index in [9.17, 15) is 22.4 Å². The van der Waals surface area contributed by atoms with Crippen LogP contribution in [-0.4, -0.2) is 12.7 Å². The number of primary amides is 1. The van der Waals surface area contributed by atoms with Gasteiger partial charge in [0.25, 0.3) is 0 Å². The van der Waals surface area contributed by atoms with E-state index in [1.165, 1.54) is 0 Å². The predicted molar refractivity (Wildman–Crippen MR) is 43.2 cm³/mol. The summed E-state index contributed by atoms with van der Waals surface area (Å²) in [5.41, 5.74) is 4.59. The smallest absolute Gasteiger partial charge is 0.409 e. The van der Waals surface area contributed by atoms with Gasteiger partial charge in [-0.15, -0.1) is 0 Å². The van der Waals surface area contributed by atoms with Crippen LogP contribution in [-0.2, 0) is 0 Å². The average molecular weight is 239 g/mol. The van der Waals surface area contributed by atoms with E-state index in [1.807, 2.05) is 0 Å². The molecule has 0 aliphatic heterocycles. The van der Waals surface area contributed by atoms with E-state index in [-0.39, 0.29) is 0 Å². The lowest BCUT2D eigenvalue weighted by atomic mass is 10.3.